The summed E-state index contributed by atoms with van der Waals surface area (Å²) >= 11 is 0. The van der Waals surface area contributed by atoms with E-state index in [9.17, 15) is 5.11 Å². The Bertz CT molecular complexity index is 213. The van der Waals surface area contributed by atoms with Crippen LogP contribution in [-0.2, 0) is 4.74 Å². The molecule has 0 aromatic carbocycles. The number of hydrogen-bond donors (Lipinski definition) is 2. The van der Waals surface area contributed by atoms with E-state index in [1.165, 1.54) is 0 Å². The van der Waals surface area contributed by atoms with Gasteiger partial charge in [0.25, 0.3) is 0 Å². The minimum atomic E-state index is -0.159. The predicted molar refractivity (Wildman–Crippen MR) is 58.7 cm³/mol. The Balaban J connectivity index is 1.84. The standard InChI is InChI=1S/C11H22N2O2/c12-4-1-5-13-6-3-11(9-13)8-10(14)2-7-15-11/h10,14H,1-9,12H2/t10-,11-/m0/s1. The highest BCUT2D eigenvalue weighted by Crippen LogP contribution is 2.34. The monoisotopic (exact) mass is 214 g/mol. The molecule has 0 radical (unpaired) electrons. The number of aliphatic hydroxyl groups is 1. The van der Waals surface area contributed by atoms with E-state index in [1.807, 2.05) is 0 Å². The molecule has 2 aliphatic heterocycles. The van der Waals surface area contributed by atoms with Crippen molar-refractivity contribution in [2.45, 2.75) is 37.4 Å². The Kier molecular flexibility index (Phi) is 3.61. The number of rotatable bonds is 3. The first-order chi connectivity index (χ1) is 7.24. The lowest BCUT2D eigenvalue weighted by atomic mass is 9.91. The van der Waals surface area contributed by atoms with Gasteiger partial charge in [0.1, 0.15) is 0 Å². The molecular weight excluding hydrogens is 192 g/mol. The summed E-state index contributed by atoms with van der Waals surface area (Å²) in [6, 6.07) is 0. The lowest BCUT2D eigenvalue weighted by Crippen LogP contribution is -2.44. The summed E-state index contributed by atoms with van der Waals surface area (Å²) in [5, 5.41) is 9.68. The van der Waals surface area contributed by atoms with Crippen LogP contribution in [0, 0.1) is 0 Å². The summed E-state index contributed by atoms with van der Waals surface area (Å²) < 4.78 is 5.87. The van der Waals surface area contributed by atoms with Crippen molar-refractivity contribution < 1.29 is 9.84 Å². The van der Waals surface area contributed by atoms with Crippen LogP contribution in [0.2, 0.25) is 0 Å². The van der Waals surface area contributed by atoms with Gasteiger partial charge < -0.3 is 20.5 Å². The highest BCUT2D eigenvalue weighted by Gasteiger charge is 2.42. The molecule has 2 heterocycles. The maximum atomic E-state index is 9.68. The van der Waals surface area contributed by atoms with Gasteiger partial charge in [0.15, 0.2) is 0 Å². The smallest absolute Gasteiger partial charge is 0.0845 e. The fourth-order valence-corrected chi connectivity index (χ4v) is 2.72. The number of aliphatic hydroxyl groups excluding tert-OH is 1. The Morgan fingerprint density at radius 1 is 1.53 bits per heavy atom. The lowest BCUT2D eigenvalue weighted by molar-refractivity contribution is -0.110. The van der Waals surface area contributed by atoms with Crippen molar-refractivity contribution in [2.75, 3.05) is 32.8 Å². The maximum absolute atomic E-state index is 9.68. The van der Waals surface area contributed by atoms with Gasteiger partial charge >= 0.3 is 0 Å². The lowest BCUT2D eigenvalue weighted by Gasteiger charge is -2.36. The van der Waals surface area contributed by atoms with Crippen molar-refractivity contribution in [3.63, 3.8) is 0 Å². The van der Waals surface area contributed by atoms with Crippen LogP contribution in [0.1, 0.15) is 25.7 Å². The summed E-state index contributed by atoms with van der Waals surface area (Å²) in [6.07, 6.45) is 3.57. The second-order valence-corrected chi connectivity index (χ2v) is 4.85. The second kappa shape index (κ2) is 4.78. The molecule has 2 saturated heterocycles. The van der Waals surface area contributed by atoms with Crippen molar-refractivity contribution >= 4 is 0 Å². The molecule has 0 aromatic rings. The fourth-order valence-electron chi connectivity index (χ4n) is 2.72. The molecule has 0 amide bonds. The molecule has 4 heteroatoms. The second-order valence-electron chi connectivity index (χ2n) is 4.85. The van der Waals surface area contributed by atoms with Gasteiger partial charge in [0.2, 0.25) is 0 Å². The van der Waals surface area contributed by atoms with Crippen LogP contribution in [0.3, 0.4) is 0 Å². The van der Waals surface area contributed by atoms with Crippen molar-refractivity contribution in [3.05, 3.63) is 0 Å². The SMILES string of the molecule is NCCCN1CC[C@]2(C[C@@H](O)CCO2)C1. The molecule has 2 atom stereocenters. The molecule has 2 aliphatic rings. The van der Waals surface area contributed by atoms with Gasteiger partial charge in [-0.05, 0) is 32.4 Å². The number of nitrogens with two attached hydrogens (primary N) is 1. The van der Waals surface area contributed by atoms with Gasteiger partial charge in [-0.2, -0.15) is 0 Å². The van der Waals surface area contributed by atoms with E-state index >= 15 is 0 Å². The zero-order valence-electron chi connectivity index (χ0n) is 9.32. The quantitative estimate of drug-likeness (QED) is 0.691. The Labute approximate surface area is 91.4 Å². The zero-order valence-corrected chi connectivity index (χ0v) is 9.32. The maximum Gasteiger partial charge on any atom is 0.0845 e. The highest BCUT2D eigenvalue weighted by molar-refractivity contribution is 4.95. The van der Waals surface area contributed by atoms with E-state index in [-0.39, 0.29) is 11.7 Å². The molecule has 88 valence electrons. The summed E-state index contributed by atoms with van der Waals surface area (Å²) in [6.45, 7) is 4.60. The summed E-state index contributed by atoms with van der Waals surface area (Å²) in [4.78, 5) is 2.41. The van der Waals surface area contributed by atoms with Crippen LogP contribution in [0.4, 0.5) is 0 Å². The molecule has 2 fully saturated rings. The third-order valence-corrected chi connectivity index (χ3v) is 3.54. The summed E-state index contributed by atoms with van der Waals surface area (Å²) in [5.41, 5.74) is 5.45. The van der Waals surface area contributed by atoms with Gasteiger partial charge in [0.05, 0.1) is 11.7 Å². The summed E-state index contributed by atoms with van der Waals surface area (Å²) in [7, 11) is 0. The van der Waals surface area contributed by atoms with Crippen molar-refractivity contribution in [1.29, 1.82) is 0 Å². The van der Waals surface area contributed by atoms with Crippen molar-refractivity contribution in [3.8, 4) is 0 Å². The molecule has 0 aliphatic carbocycles. The van der Waals surface area contributed by atoms with Gasteiger partial charge in [-0.15, -0.1) is 0 Å². The van der Waals surface area contributed by atoms with Crippen LogP contribution in [0.25, 0.3) is 0 Å². The molecule has 15 heavy (non-hydrogen) atoms. The molecule has 1 spiro atoms. The minimum Gasteiger partial charge on any atom is -0.393 e. The predicted octanol–water partition coefficient (Wildman–Crippen LogP) is -0.0490. The zero-order chi connectivity index (χ0) is 10.7. The topological polar surface area (TPSA) is 58.7 Å². The van der Waals surface area contributed by atoms with Crippen molar-refractivity contribution in [2.24, 2.45) is 5.73 Å². The van der Waals surface area contributed by atoms with E-state index in [0.717, 1.165) is 51.9 Å². The molecule has 0 unspecified atom stereocenters. The van der Waals surface area contributed by atoms with Gasteiger partial charge in [0, 0.05) is 26.1 Å². The number of hydrogen-bond acceptors (Lipinski definition) is 4. The summed E-state index contributed by atoms with van der Waals surface area (Å²) in [5.74, 6) is 0. The van der Waals surface area contributed by atoms with Crippen molar-refractivity contribution in [1.82, 2.24) is 4.90 Å². The Hall–Kier alpha value is -0.160. The van der Waals surface area contributed by atoms with E-state index < -0.39 is 0 Å². The third kappa shape index (κ3) is 2.69. The first-order valence-electron chi connectivity index (χ1n) is 5.99. The van der Waals surface area contributed by atoms with Crippen LogP contribution >= 0.6 is 0 Å². The third-order valence-electron chi connectivity index (χ3n) is 3.54. The largest absolute Gasteiger partial charge is 0.393 e. The Morgan fingerprint density at radius 2 is 2.40 bits per heavy atom. The normalized spacial score (nSPS) is 37.6. The molecule has 4 nitrogen and oxygen atoms in total. The average Bonchev–Trinajstić information content (AvgIpc) is 2.58. The van der Waals surface area contributed by atoms with E-state index in [2.05, 4.69) is 4.90 Å². The van der Waals surface area contributed by atoms with Crippen LogP contribution < -0.4 is 5.73 Å². The number of nitrogens with zero attached hydrogens (tertiary/aromatic N) is 1. The minimum absolute atomic E-state index is 0.0493. The average molecular weight is 214 g/mol. The molecule has 2 rings (SSSR count). The number of ether oxygens (including phenoxy) is 1. The van der Waals surface area contributed by atoms with Gasteiger partial charge in [-0.3, -0.25) is 0 Å². The highest BCUT2D eigenvalue weighted by atomic mass is 16.5. The fraction of sp³-hybridized carbons (Fsp3) is 1.00. The molecule has 0 saturated carbocycles. The van der Waals surface area contributed by atoms with Crippen LogP contribution in [0.5, 0.6) is 0 Å². The number of likely N-dealkylation sites (tertiary alicyclic amines) is 1. The first-order valence-corrected chi connectivity index (χ1v) is 5.99. The molecule has 0 aromatic heterocycles. The molecular formula is C11H22N2O2. The first kappa shape index (κ1) is 11.3. The van der Waals surface area contributed by atoms with Gasteiger partial charge in [-0.25, -0.2) is 0 Å². The Morgan fingerprint density at radius 3 is 3.13 bits per heavy atom. The van der Waals surface area contributed by atoms with E-state index in [4.69, 9.17) is 10.5 Å². The van der Waals surface area contributed by atoms with Gasteiger partial charge in [-0.1, -0.05) is 0 Å². The van der Waals surface area contributed by atoms with Crippen LogP contribution in [0.15, 0.2) is 0 Å². The molecule has 3 N–H and O–H groups in total. The van der Waals surface area contributed by atoms with E-state index in [0.29, 0.717) is 6.61 Å². The van der Waals surface area contributed by atoms with Crippen LogP contribution in [-0.4, -0.2) is 54.5 Å². The molecule has 0 bridgehead atoms. The van der Waals surface area contributed by atoms with E-state index in [1.54, 1.807) is 0 Å².